The summed E-state index contributed by atoms with van der Waals surface area (Å²) in [6, 6.07) is 0. The lowest BCUT2D eigenvalue weighted by atomic mass is 9.79. The summed E-state index contributed by atoms with van der Waals surface area (Å²) < 4.78 is 0. The minimum absolute atomic E-state index is 0.0437. The number of hydrogen-bond donors (Lipinski definition) is 3. The Kier molecular flexibility index (Phi) is 6.46. The van der Waals surface area contributed by atoms with E-state index in [4.69, 9.17) is 5.73 Å². The van der Waals surface area contributed by atoms with Gasteiger partial charge in [-0.15, -0.1) is 0 Å². The molecule has 20 heavy (non-hydrogen) atoms. The summed E-state index contributed by atoms with van der Waals surface area (Å²) in [5.41, 5.74) is 5.00. The summed E-state index contributed by atoms with van der Waals surface area (Å²) in [5, 5.41) is 13.3. The third-order valence-corrected chi connectivity index (χ3v) is 4.67. The van der Waals surface area contributed by atoms with Crippen LogP contribution in [0.5, 0.6) is 0 Å². The molecule has 0 aliphatic heterocycles. The largest absolute Gasteiger partial charge is 0.388 e. The number of nitrogens with two attached hydrogens (primary N) is 1. The van der Waals surface area contributed by atoms with Crippen molar-refractivity contribution in [2.24, 2.45) is 17.1 Å². The van der Waals surface area contributed by atoms with Crippen molar-refractivity contribution in [1.29, 1.82) is 0 Å². The molecular formula is C16H32N2O2. The fourth-order valence-electron chi connectivity index (χ4n) is 2.80. The van der Waals surface area contributed by atoms with Gasteiger partial charge in [-0.2, -0.15) is 0 Å². The fourth-order valence-corrected chi connectivity index (χ4v) is 2.80. The molecule has 0 unspecified atom stereocenters. The monoisotopic (exact) mass is 284 g/mol. The summed E-state index contributed by atoms with van der Waals surface area (Å²) in [5.74, 6) is 0.741. The Morgan fingerprint density at radius 3 is 2.50 bits per heavy atom. The summed E-state index contributed by atoms with van der Waals surface area (Å²) in [6.45, 7) is 7.56. The van der Waals surface area contributed by atoms with Gasteiger partial charge in [0.1, 0.15) is 0 Å². The van der Waals surface area contributed by atoms with E-state index >= 15 is 0 Å². The van der Waals surface area contributed by atoms with Gasteiger partial charge < -0.3 is 16.2 Å². The maximum atomic E-state index is 11.9. The zero-order valence-electron chi connectivity index (χ0n) is 13.4. The molecule has 0 saturated heterocycles. The molecule has 0 bridgehead atoms. The molecule has 0 heterocycles. The van der Waals surface area contributed by atoms with Crippen molar-refractivity contribution in [2.75, 3.05) is 13.1 Å². The van der Waals surface area contributed by atoms with Crippen molar-refractivity contribution >= 4 is 5.91 Å². The molecule has 0 spiro atoms. The second-order valence-corrected chi connectivity index (χ2v) is 7.39. The molecule has 0 aromatic rings. The molecule has 0 aromatic carbocycles. The Labute approximate surface area is 123 Å². The van der Waals surface area contributed by atoms with Crippen molar-refractivity contribution in [3.8, 4) is 0 Å². The average molecular weight is 284 g/mol. The lowest BCUT2D eigenvalue weighted by molar-refractivity contribution is -0.123. The number of rotatable bonds is 7. The highest BCUT2D eigenvalue weighted by Gasteiger charge is 2.32. The molecule has 0 radical (unpaired) electrons. The van der Waals surface area contributed by atoms with Crippen molar-refractivity contribution in [3.05, 3.63) is 0 Å². The van der Waals surface area contributed by atoms with Gasteiger partial charge in [-0.25, -0.2) is 0 Å². The Morgan fingerprint density at radius 2 is 1.95 bits per heavy atom. The molecule has 0 atom stereocenters. The van der Waals surface area contributed by atoms with Crippen molar-refractivity contribution < 1.29 is 9.90 Å². The highest BCUT2D eigenvalue weighted by molar-refractivity contribution is 5.75. The van der Waals surface area contributed by atoms with E-state index in [1.807, 2.05) is 0 Å². The minimum Gasteiger partial charge on any atom is -0.388 e. The van der Waals surface area contributed by atoms with E-state index < -0.39 is 5.60 Å². The third kappa shape index (κ3) is 6.23. The van der Waals surface area contributed by atoms with Gasteiger partial charge in [0.2, 0.25) is 5.91 Å². The van der Waals surface area contributed by atoms with Crippen LogP contribution in [0.15, 0.2) is 0 Å². The van der Waals surface area contributed by atoms with Crippen LogP contribution in [-0.2, 0) is 4.79 Å². The van der Waals surface area contributed by atoms with Gasteiger partial charge >= 0.3 is 0 Å². The van der Waals surface area contributed by atoms with Crippen LogP contribution in [0.4, 0.5) is 0 Å². The van der Waals surface area contributed by atoms with Crippen molar-refractivity contribution in [1.82, 2.24) is 5.32 Å². The predicted molar refractivity (Wildman–Crippen MR) is 82.3 cm³/mol. The summed E-state index contributed by atoms with van der Waals surface area (Å²) in [7, 11) is 0. The molecule has 118 valence electrons. The van der Waals surface area contributed by atoms with E-state index in [2.05, 4.69) is 26.1 Å². The smallest absolute Gasteiger partial charge is 0.220 e. The van der Waals surface area contributed by atoms with E-state index in [1.165, 1.54) is 0 Å². The number of aliphatic hydroxyl groups is 1. The van der Waals surface area contributed by atoms with Crippen molar-refractivity contribution in [3.63, 3.8) is 0 Å². The quantitative estimate of drug-likeness (QED) is 0.671. The average Bonchev–Trinajstić information content (AvgIpc) is 2.38. The molecule has 0 aromatic heterocycles. The molecular weight excluding hydrogens is 252 g/mol. The van der Waals surface area contributed by atoms with Crippen LogP contribution in [0.25, 0.3) is 0 Å². The number of nitrogens with one attached hydrogen (secondary N) is 1. The maximum Gasteiger partial charge on any atom is 0.220 e. The Hall–Kier alpha value is -0.610. The lowest BCUT2D eigenvalue weighted by Crippen LogP contribution is -2.45. The van der Waals surface area contributed by atoms with Gasteiger partial charge in [0, 0.05) is 13.0 Å². The van der Waals surface area contributed by atoms with Gasteiger partial charge in [-0.3, -0.25) is 4.79 Å². The molecule has 1 fully saturated rings. The first kappa shape index (κ1) is 17.4. The number of carbonyl (C=O) groups excluding carboxylic acids is 1. The zero-order chi connectivity index (χ0) is 15.2. The number of amides is 1. The molecule has 1 rings (SSSR count). The lowest BCUT2D eigenvalue weighted by Gasteiger charge is -2.35. The van der Waals surface area contributed by atoms with Gasteiger partial charge in [-0.1, -0.05) is 20.8 Å². The predicted octanol–water partition coefficient (Wildman–Crippen LogP) is 2.20. The molecule has 4 heteroatoms. The summed E-state index contributed by atoms with van der Waals surface area (Å²) >= 11 is 0. The van der Waals surface area contributed by atoms with Crippen molar-refractivity contribution in [2.45, 2.75) is 71.3 Å². The molecule has 1 aliphatic carbocycles. The SMILES string of the molecule is CC1CCC(O)(CNC(=O)CCC(C)(C)CCN)CC1. The van der Waals surface area contributed by atoms with E-state index in [1.54, 1.807) is 0 Å². The molecule has 4 N–H and O–H groups in total. The van der Waals surface area contributed by atoms with E-state index in [0.29, 0.717) is 25.4 Å². The molecule has 1 saturated carbocycles. The van der Waals surface area contributed by atoms with E-state index in [0.717, 1.165) is 38.5 Å². The summed E-state index contributed by atoms with van der Waals surface area (Å²) in [6.07, 6.45) is 5.99. The second-order valence-electron chi connectivity index (χ2n) is 7.39. The second kappa shape index (κ2) is 7.41. The molecule has 1 amide bonds. The summed E-state index contributed by atoms with van der Waals surface area (Å²) in [4.78, 5) is 11.9. The standard InChI is InChI=1S/C16H32N2O2/c1-13-4-8-16(20,9-5-13)12-18-14(19)6-7-15(2,3)10-11-17/h13,20H,4-12,17H2,1-3H3,(H,18,19). The molecule has 4 nitrogen and oxygen atoms in total. The Bertz CT molecular complexity index is 308. The van der Waals surface area contributed by atoms with Crippen LogP contribution in [0, 0.1) is 11.3 Å². The first-order chi connectivity index (χ1) is 9.26. The van der Waals surface area contributed by atoms with E-state index in [-0.39, 0.29) is 11.3 Å². The van der Waals surface area contributed by atoms with Crippen LogP contribution in [0.3, 0.4) is 0 Å². The maximum absolute atomic E-state index is 11.9. The van der Waals surface area contributed by atoms with Gasteiger partial charge in [-0.05, 0) is 56.4 Å². The Morgan fingerprint density at radius 1 is 1.35 bits per heavy atom. The van der Waals surface area contributed by atoms with Crippen LogP contribution in [0.2, 0.25) is 0 Å². The minimum atomic E-state index is -0.686. The topological polar surface area (TPSA) is 75.3 Å². The van der Waals surface area contributed by atoms with Crippen LogP contribution in [0.1, 0.15) is 65.7 Å². The number of carbonyl (C=O) groups is 1. The van der Waals surface area contributed by atoms with Gasteiger partial charge in [0.05, 0.1) is 5.60 Å². The van der Waals surface area contributed by atoms with Crippen LogP contribution < -0.4 is 11.1 Å². The van der Waals surface area contributed by atoms with Crippen LogP contribution in [-0.4, -0.2) is 29.7 Å². The van der Waals surface area contributed by atoms with Gasteiger partial charge in [0.15, 0.2) is 0 Å². The third-order valence-electron chi connectivity index (χ3n) is 4.67. The first-order valence-electron chi connectivity index (χ1n) is 7.95. The van der Waals surface area contributed by atoms with E-state index in [9.17, 15) is 9.90 Å². The highest BCUT2D eigenvalue weighted by atomic mass is 16.3. The highest BCUT2D eigenvalue weighted by Crippen LogP contribution is 2.31. The van der Waals surface area contributed by atoms with Crippen LogP contribution >= 0.6 is 0 Å². The zero-order valence-corrected chi connectivity index (χ0v) is 13.4. The Balaban J connectivity index is 2.26. The normalized spacial score (nSPS) is 27.4. The first-order valence-corrected chi connectivity index (χ1v) is 7.95. The van der Waals surface area contributed by atoms with Gasteiger partial charge in [0.25, 0.3) is 0 Å². The molecule has 1 aliphatic rings. The number of hydrogen-bond acceptors (Lipinski definition) is 3. The fraction of sp³-hybridized carbons (Fsp3) is 0.938.